The second-order valence-electron chi connectivity index (χ2n) is 13.2. The summed E-state index contributed by atoms with van der Waals surface area (Å²) in [6, 6.07) is 60.5. The first-order valence-electron chi connectivity index (χ1n) is 17.2. The number of hydrogen-bond acceptors (Lipinski definition) is 4. The van der Waals surface area contributed by atoms with Gasteiger partial charge in [0.05, 0.1) is 21.3 Å². The Kier molecular flexibility index (Phi) is 6.04. The zero-order valence-corrected chi connectivity index (χ0v) is 28.2. The fourth-order valence-corrected chi connectivity index (χ4v) is 9.60. The van der Waals surface area contributed by atoms with E-state index in [-0.39, 0.29) is 0 Å². The van der Waals surface area contributed by atoms with Crippen LogP contribution in [0.4, 0.5) is 0 Å². The second-order valence-corrected chi connectivity index (χ2v) is 14.3. The molecule has 0 atom stereocenters. The number of hydrogen-bond donors (Lipinski definition) is 0. The van der Waals surface area contributed by atoms with Crippen LogP contribution in [0.25, 0.3) is 65.2 Å². The summed E-state index contributed by atoms with van der Waals surface area (Å²) < 4.78 is 8.89. The third-order valence-corrected chi connectivity index (χ3v) is 11.8. The maximum Gasteiger partial charge on any atom is 0.160 e. The molecule has 4 heteroatoms. The summed E-state index contributed by atoms with van der Waals surface area (Å²) in [5, 5.41) is 1.16. The van der Waals surface area contributed by atoms with Crippen LogP contribution in [0, 0.1) is 0 Å². The van der Waals surface area contributed by atoms with Crippen molar-refractivity contribution in [3.05, 3.63) is 192 Å². The third-order valence-electron chi connectivity index (χ3n) is 10.6. The number of benzene rings is 7. The summed E-state index contributed by atoms with van der Waals surface area (Å²) in [5.74, 6) is 2.52. The Morgan fingerprint density at radius 3 is 1.84 bits per heavy atom. The molecule has 2 aliphatic rings. The standard InChI is InChI=1S/C47H28N2OS/c1-2-14-29(15-3-1)46-48-43(45-44(49-46)35-19-7-13-25-42(35)51-45)34-18-5-4-16-31(34)30-26-27-33-32-17-6-8-20-36(32)47(39(33)28-30)37-21-9-11-23-40(37)50-41-24-12-10-22-38(41)47/h1-28H. The maximum atomic E-state index is 6.59. The summed E-state index contributed by atoms with van der Waals surface area (Å²) in [6.45, 7) is 0. The number of aromatic nitrogens is 2. The predicted molar refractivity (Wildman–Crippen MR) is 209 cm³/mol. The van der Waals surface area contributed by atoms with Crippen molar-refractivity contribution in [1.29, 1.82) is 0 Å². The van der Waals surface area contributed by atoms with Gasteiger partial charge in [0, 0.05) is 32.3 Å². The van der Waals surface area contributed by atoms with Crippen LogP contribution in [-0.4, -0.2) is 9.97 Å². The van der Waals surface area contributed by atoms with Crippen LogP contribution >= 0.6 is 11.3 Å². The van der Waals surface area contributed by atoms with Gasteiger partial charge in [-0.15, -0.1) is 11.3 Å². The Hall–Kier alpha value is -6.36. The SMILES string of the molecule is c1ccc(-c2nc(-c3ccccc3-c3ccc4c(c3)C3(c5ccccc5Oc5ccccc53)c3ccccc3-4)c3sc4ccccc4c3n2)cc1. The molecule has 3 heterocycles. The zero-order chi connectivity index (χ0) is 33.5. The van der Waals surface area contributed by atoms with Crippen molar-refractivity contribution >= 4 is 31.6 Å². The van der Waals surface area contributed by atoms with Crippen molar-refractivity contribution < 1.29 is 4.74 Å². The van der Waals surface area contributed by atoms with E-state index in [1.165, 1.54) is 27.0 Å². The molecule has 0 amide bonds. The maximum absolute atomic E-state index is 6.59. The molecule has 0 unspecified atom stereocenters. The first kappa shape index (κ1) is 28.5. The number of fused-ring (bicyclic) bond motifs is 12. The van der Waals surface area contributed by atoms with Crippen molar-refractivity contribution in [1.82, 2.24) is 9.97 Å². The highest BCUT2D eigenvalue weighted by molar-refractivity contribution is 7.26. The van der Waals surface area contributed by atoms with Gasteiger partial charge in [-0.1, -0.05) is 146 Å². The predicted octanol–water partition coefficient (Wildman–Crippen LogP) is 12.3. The fourth-order valence-electron chi connectivity index (χ4n) is 8.45. The molecule has 0 saturated carbocycles. The summed E-state index contributed by atoms with van der Waals surface area (Å²) in [5.41, 5.74) is 13.2. The van der Waals surface area contributed by atoms with E-state index < -0.39 is 5.41 Å². The van der Waals surface area contributed by atoms with Crippen molar-refractivity contribution in [2.24, 2.45) is 0 Å². The fraction of sp³-hybridized carbons (Fsp3) is 0.0213. The second kappa shape index (κ2) is 10.8. The first-order valence-corrected chi connectivity index (χ1v) is 18.1. The van der Waals surface area contributed by atoms with Crippen LogP contribution in [0.3, 0.4) is 0 Å². The summed E-state index contributed by atoms with van der Waals surface area (Å²) in [6.07, 6.45) is 0. The molecule has 0 saturated heterocycles. The van der Waals surface area contributed by atoms with Crippen LogP contribution in [-0.2, 0) is 5.41 Å². The van der Waals surface area contributed by atoms with E-state index in [0.717, 1.165) is 72.0 Å². The van der Waals surface area contributed by atoms with E-state index >= 15 is 0 Å². The van der Waals surface area contributed by atoms with E-state index in [9.17, 15) is 0 Å². The third kappa shape index (κ3) is 3.99. The molecule has 1 spiro atoms. The van der Waals surface area contributed by atoms with Crippen molar-refractivity contribution in [2.75, 3.05) is 0 Å². The van der Waals surface area contributed by atoms with E-state index in [1.807, 2.05) is 18.2 Å². The topological polar surface area (TPSA) is 35.0 Å². The summed E-state index contributed by atoms with van der Waals surface area (Å²) in [4.78, 5) is 10.5. The number of ether oxygens (including phenoxy) is 1. The van der Waals surface area contributed by atoms with Gasteiger partial charge in [0.1, 0.15) is 11.5 Å². The molecule has 1 aliphatic heterocycles. The van der Waals surface area contributed by atoms with Crippen molar-refractivity contribution in [3.63, 3.8) is 0 Å². The van der Waals surface area contributed by atoms with Crippen LogP contribution in [0.5, 0.6) is 11.5 Å². The van der Waals surface area contributed by atoms with Gasteiger partial charge in [0.25, 0.3) is 0 Å². The number of thiophene rings is 1. The first-order chi connectivity index (χ1) is 25.3. The normalized spacial score (nSPS) is 13.4. The minimum atomic E-state index is -0.531. The quantitative estimate of drug-likeness (QED) is 0.188. The highest BCUT2D eigenvalue weighted by Crippen LogP contribution is 2.62. The lowest BCUT2D eigenvalue weighted by Crippen LogP contribution is -2.32. The van der Waals surface area contributed by atoms with Gasteiger partial charge in [-0.05, 0) is 57.6 Å². The lowest BCUT2D eigenvalue weighted by atomic mass is 9.66. The monoisotopic (exact) mass is 668 g/mol. The zero-order valence-electron chi connectivity index (χ0n) is 27.4. The Morgan fingerprint density at radius 2 is 1.06 bits per heavy atom. The number of nitrogens with zero attached hydrogens (tertiary/aromatic N) is 2. The summed E-state index contributed by atoms with van der Waals surface area (Å²) in [7, 11) is 0. The van der Waals surface area contributed by atoms with Crippen LogP contribution in [0.1, 0.15) is 22.3 Å². The molecule has 7 aromatic carbocycles. The van der Waals surface area contributed by atoms with Gasteiger partial charge >= 0.3 is 0 Å². The molecule has 0 fully saturated rings. The van der Waals surface area contributed by atoms with E-state index in [2.05, 4.69) is 152 Å². The molecular weight excluding hydrogens is 641 g/mol. The molecular formula is C47H28N2OS. The Balaban J connectivity index is 1.19. The molecule has 11 rings (SSSR count). The van der Waals surface area contributed by atoms with Gasteiger partial charge in [0.15, 0.2) is 5.82 Å². The Bertz CT molecular complexity index is 2810. The minimum Gasteiger partial charge on any atom is -0.457 e. The molecule has 3 nitrogen and oxygen atoms in total. The van der Waals surface area contributed by atoms with Crippen molar-refractivity contribution in [3.8, 4) is 56.4 Å². The number of para-hydroxylation sites is 2. The molecule has 1 aliphatic carbocycles. The van der Waals surface area contributed by atoms with Gasteiger partial charge < -0.3 is 4.74 Å². The van der Waals surface area contributed by atoms with Gasteiger partial charge in [-0.3, -0.25) is 0 Å². The van der Waals surface area contributed by atoms with Crippen LogP contribution in [0.15, 0.2) is 170 Å². The van der Waals surface area contributed by atoms with E-state index in [0.29, 0.717) is 0 Å². The van der Waals surface area contributed by atoms with Gasteiger partial charge in [-0.25, -0.2) is 9.97 Å². The van der Waals surface area contributed by atoms with E-state index in [1.54, 1.807) is 11.3 Å². The smallest absolute Gasteiger partial charge is 0.160 e. The summed E-state index contributed by atoms with van der Waals surface area (Å²) >= 11 is 1.77. The highest BCUT2D eigenvalue weighted by atomic mass is 32.1. The Labute approximate surface area is 299 Å². The molecule has 0 radical (unpaired) electrons. The average Bonchev–Trinajstić information content (AvgIpc) is 3.72. The molecule has 0 bridgehead atoms. The van der Waals surface area contributed by atoms with Crippen LogP contribution in [0.2, 0.25) is 0 Å². The molecule has 0 N–H and O–H groups in total. The van der Waals surface area contributed by atoms with Gasteiger partial charge in [0.2, 0.25) is 0 Å². The lowest BCUT2D eigenvalue weighted by Gasteiger charge is -2.39. The van der Waals surface area contributed by atoms with Crippen molar-refractivity contribution in [2.45, 2.75) is 5.41 Å². The Morgan fingerprint density at radius 1 is 0.451 bits per heavy atom. The van der Waals surface area contributed by atoms with Crippen LogP contribution < -0.4 is 4.74 Å². The lowest BCUT2D eigenvalue weighted by molar-refractivity contribution is 0.436. The van der Waals surface area contributed by atoms with Gasteiger partial charge in [-0.2, -0.15) is 0 Å². The molecule has 238 valence electrons. The molecule has 9 aromatic rings. The molecule has 2 aromatic heterocycles. The van der Waals surface area contributed by atoms with E-state index in [4.69, 9.17) is 14.7 Å². The highest BCUT2D eigenvalue weighted by Gasteiger charge is 2.51. The number of rotatable bonds is 3. The average molecular weight is 669 g/mol. The minimum absolute atomic E-state index is 0.531. The molecule has 51 heavy (non-hydrogen) atoms. The largest absolute Gasteiger partial charge is 0.457 e.